The SMILES string of the molecule is CCCc1cc2c(=O)c(-c3cnc[nH]3)coc2cc1OC(C)=O. The first kappa shape index (κ1) is 15.0. The van der Waals surface area contributed by atoms with E-state index in [0.29, 0.717) is 34.4 Å². The van der Waals surface area contributed by atoms with Crippen LogP contribution in [0.1, 0.15) is 25.8 Å². The second kappa shape index (κ2) is 6.08. The molecule has 2 heterocycles. The van der Waals surface area contributed by atoms with E-state index in [9.17, 15) is 9.59 Å². The molecule has 0 aliphatic rings. The zero-order chi connectivity index (χ0) is 16.4. The predicted molar refractivity (Wildman–Crippen MR) is 85.4 cm³/mol. The fraction of sp³-hybridized carbons (Fsp3) is 0.235. The maximum absolute atomic E-state index is 12.7. The number of H-pyrrole nitrogens is 1. The van der Waals surface area contributed by atoms with Crippen molar-refractivity contribution in [3.63, 3.8) is 0 Å². The summed E-state index contributed by atoms with van der Waals surface area (Å²) in [7, 11) is 0. The summed E-state index contributed by atoms with van der Waals surface area (Å²) >= 11 is 0. The maximum Gasteiger partial charge on any atom is 0.308 e. The van der Waals surface area contributed by atoms with Crippen molar-refractivity contribution in [2.45, 2.75) is 26.7 Å². The minimum absolute atomic E-state index is 0.151. The standard InChI is InChI=1S/C17H16N2O4/c1-3-4-11-5-12-16(6-15(11)23-10(2)20)22-8-13(17(12)21)14-7-18-9-19-14/h5-9H,3-4H2,1-2H3,(H,18,19). The second-order valence-corrected chi connectivity index (χ2v) is 5.24. The van der Waals surface area contributed by atoms with Crippen LogP contribution in [0.2, 0.25) is 0 Å². The number of hydrogen-bond acceptors (Lipinski definition) is 5. The Morgan fingerprint density at radius 3 is 2.87 bits per heavy atom. The van der Waals surface area contributed by atoms with Gasteiger partial charge in [0.2, 0.25) is 5.43 Å². The minimum atomic E-state index is -0.405. The van der Waals surface area contributed by atoms with Gasteiger partial charge in [0.05, 0.1) is 29.2 Å². The first-order chi connectivity index (χ1) is 11.1. The molecule has 0 aliphatic heterocycles. The van der Waals surface area contributed by atoms with E-state index in [0.717, 1.165) is 12.0 Å². The molecular formula is C17H16N2O4. The number of aromatic nitrogens is 2. The molecule has 0 unspecified atom stereocenters. The number of fused-ring (bicyclic) bond motifs is 1. The smallest absolute Gasteiger partial charge is 0.308 e. The van der Waals surface area contributed by atoms with Crippen LogP contribution in [0, 0.1) is 0 Å². The zero-order valence-electron chi connectivity index (χ0n) is 12.9. The van der Waals surface area contributed by atoms with Crippen molar-refractivity contribution in [3.05, 3.63) is 46.7 Å². The van der Waals surface area contributed by atoms with Gasteiger partial charge in [-0.3, -0.25) is 9.59 Å². The van der Waals surface area contributed by atoms with Gasteiger partial charge < -0.3 is 14.1 Å². The highest BCUT2D eigenvalue weighted by atomic mass is 16.5. The Kier molecular flexibility index (Phi) is 3.97. The first-order valence-corrected chi connectivity index (χ1v) is 7.35. The molecule has 0 atom stereocenters. The highest BCUT2D eigenvalue weighted by Crippen LogP contribution is 2.27. The molecule has 23 heavy (non-hydrogen) atoms. The van der Waals surface area contributed by atoms with E-state index in [2.05, 4.69) is 9.97 Å². The molecule has 0 fully saturated rings. The fourth-order valence-corrected chi connectivity index (χ4v) is 2.51. The van der Waals surface area contributed by atoms with Gasteiger partial charge in [-0.1, -0.05) is 13.3 Å². The lowest BCUT2D eigenvalue weighted by Gasteiger charge is -2.10. The van der Waals surface area contributed by atoms with E-state index in [1.165, 1.54) is 19.5 Å². The Hall–Kier alpha value is -2.89. The topological polar surface area (TPSA) is 85.2 Å². The Morgan fingerprint density at radius 1 is 1.39 bits per heavy atom. The van der Waals surface area contributed by atoms with Crippen molar-refractivity contribution >= 4 is 16.9 Å². The van der Waals surface area contributed by atoms with E-state index in [1.54, 1.807) is 18.3 Å². The molecule has 3 rings (SSSR count). The molecule has 0 amide bonds. The molecule has 118 valence electrons. The van der Waals surface area contributed by atoms with Crippen LogP contribution in [0.3, 0.4) is 0 Å². The Bertz CT molecular complexity index is 910. The van der Waals surface area contributed by atoms with E-state index in [4.69, 9.17) is 9.15 Å². The number of aromatic amines is 1. The number of carbonyl (C=O) groups is 1. The third-order valence-electron chi connectivity index (χ3n) is 3.52. The van der Waals surface area contributed by atoms with Gasteiger partial charge in [-0.15, -0.1) is 0 Å². The number of esters is 1. The quantitative estimate of drug-likeness (QED) is 0.591. The number of ether oxygens (including phenoxy) is 1. The number of carbonyl (C=O) groups excluding carboxylic acids is 1. The van der Waals surface area contributed by atoms with Crippen LogP contribution < -0.4 is 10.2 Å². The van der Waals surface area contributed by atoms with E-state index >= 15 is 0 Å². The van der Waals surface area contributed by atoms with Gasteiger partial charge in [-0.2, -0.15) is 0 Å². The lowest BCUT2D eigenvalue weighted by atomic mass is 10.0. The second-order valence-electron chi connectivity index (χ2n) is 5.24. The molecule has 0 radical (unpaired) electrons. The highest BCUT2D eigenvalue weighted by molar-refractivity contribution is 5.84. The van der Waals surface area contributed by atoms with E-state index < -0.39 is 5.97 Å². The van der Waals surface area contributed by atoms with Crippen LogP contribution in [-0.4, -0.2) is 15.9 Å². The van der Waals surface area contributed by atoms with Crippen molar-refractivity contribution in [1.82, 2.24) is 9.97 Å². The summed E-state index contributed by atoms with van der Waals surface area (Å²) in [5, 5.41) is 0.455. The lowest BCUT2D eigenvalue weighted by Crippen LogP contribution is -2.08. The molecule has 0 bridgehead atoms. The van der Waals surface area contributed by atoms with Crippen molar-refractivity contribution in [2.24, 2.45) is 0 Å². The summed E-state index contributed by atoms with van der Waals surface area (Å²) in [4.78, 5) is 30.8. The maximum atomic E-state index is 12.7. The van der Waals surface area contributed by atoms with Crippen LogP contribution in [-0.2, 0) is 11.2 Å². The predicted octanol–water partition coefficient (Wildman–Crippen LogP) is 3.06. The lowest BCUT2D eigenvalue weighted by molar-refractivity contribution is -0.131. The summed E-state index contributed by atoms with van der Waals surface area (Å²) in [6.45, 7) is 3.36. The van der Waals surface area contributed by atoms with Gasteiger partial charge in [-0.25, -0.2) is 4.98 Å². The number of imidazole rings is 1. The number of rotatable bonds is 4. The monoisotopic (exact) mass is 312 g/mol. The van der Waals surface area contributed by atoms with Gasteiger partial charge >= 0.3 is 5.97 Å². The summed E-state index contributed by atoms with van der Waals surface area (Å²) in [6, 6.07) is 3.34. The summed E-state index contributed by atoms with van der Waals surface area (Å²) in [5.74, 6) is 0.0300. The highest BCUT2D eigenvalue weighted by Gasteiger charge is 2.15. The van der Waals surface area contributed by atoms with Gasteiger partial charge in [-0.05, 0) is 18.1 Å². The molecular weight excluding hydrogens is 296 g/mol. The van der Waals surface area contributed by atoms with Crippen molar-refractivity contribution in [3.8, 4) is 17.0 Å². The van der Waals surface area contributed by atoms with Gasteiger partial charge in [0.25, 0.3) is 0 Å². The average Bonchev–Trinajstić information content (AvgIpc) is 3.02. The molecule has 0 aliphatic carbocycles. The number of nitrogens with zero attached hydrogens (tertiary/aromatic N) is 1. The zero-order valence-corrected chi connectivity index (χ0v) is 12.9. The van der Waals surface area contributed by atoms with Gasteiger partial charge in [0.15, 0.2) is 0 Å². The fourth-order valence-electron chi connectivity index (χ4n) is 2.51. The summed E-state index contributed by atoms with van der Waals surface area (Å²) < 4.78 is 10.8. The molecule has 6 heteroatoms. The molecule has 1 aromatic carbocycles. The molecule has 2 aromatic heterocycles. The number of hydrogen-bond donors (Lipinski definition) is 1. The number of benzene rings is 1. The van der Waals surface area contributed by atoms with Crippen molar-refractivity contribution in [2.75, 3.05) is 0 Å². The number of aryl methyl sites for hydroxylation is 1. The third kappa shape index (κ3) is 2.88. The third-order valence-corrected chi connectivity index (χ3v) is 3.52. The molecule has 0 saturated heterocycles. The van der Waals surface area contributed by atoms with Crippen LogP contribution in [0.15, 0.2) is 40.1 Å². The van der Waals surface area contributed by atoms with E-state index in [1.807, 2.05) is 6.92 Å². The molecule has 3 aromatic rings. The van der Waals surface area contributed by atoms with Crippen LogP contribution in [0.4, 0.5) is 0 Å². The Balaban J connectivity index is 2.21. The van der Waals surface area contributed by atoms with Crippen LogP contribution in [0.5, 0.6) is 5.75 Å². The van der Waals surface area contributed by atoms with Crippen molar-refractivity contribution < 1.29 is 13.9 Å². The van der Waals surface area contributed by atoms with Gasteiger partial charge in [0.1, 0.15) is 17.6 Å². The van der Waals surface area contributed by atoms with Crippen molar-refractivity contribution in [1.29, 1.82) is 0 Å². The average molecular weight is 312 g/mol. The Morgan fingerprint density at radius 2 is 2.22 bits per heavy atom. The molecule has 0 saturated carbocycles. The van der Waals surface area contributed by atoms with Crippen LogP contribution >= 0.6 is 0 Å². The first-order valence-electron chi connectivity index (χ1n) is 7.35. The summed E-state index contributed by atoms with van der Waals surface area (Å²) in [6.07, 6.45) is 6.02. The summed E-state index contributed by atoms with van der Waals surface area (Å²) in [5.41, 5.74) is 2.06. The normalized spacial score (nSPS) is 10.9. The molecule has 1 N–H and O–H groups in total. The molecule has 6 nitrogen and oxygen atoms in total. The molecule has 0 spiro atoms. The minimum Gasteiger partial charge on any atom is -0.463 e. The van der Waals surface area contributed by atoms with Crippen LogP contribution in [0.25, 0.3) is 22.2 Å². The Labute approximate surface area is 132 Å². The van der Waals surface area contributed by atoms with E-state index in [-0.39, 0.29) is 5.43 Å². The largest absolute Gasteiger partial charge is 0.463 e. The van der Waals surface area contributed by atoms with Gasteiger partial charge in [0, 0.05) is 13.0 Å². The number of nitrogens with one attached hydrogen (secondary N) is 1.